The summed E-state index contributed by atoms with van der Waals surface area (Å²) in [6.45, 7) is 3.66. The quantitative estimate of drug-likeness (QED) is 0.568. The lowest BCUT2D eigenvalue weighted by Gasteiger charge is -2.35. The predicted octanol–water partition coefficient (Wildman–Crippen LogP) is 2.06. The lowest BCUT2D eigenvalue weighted by atomic mass is 10.1. The second-order valence-corrected chi connectivity index (χ2v) is 8.51. The number of hydrogen-bond donors (Lipinski definition) is 1. The Hall–Kier alpha value is -3.19. The molecular weight excluding hydrogens is 416 g/mol. The fourth-order valence-corrected chi connectivity index (χ4v) is 4.03. The molecule has 2 N–H and O–H groups in total. The van der Waals surface area contributed by atoms with E-state index in [1.165, 1.54) is 5.56 Å². The molecule has 3 rings (SSSR count). The van der Waals surface area contributed by atoms with E-state index in [1.807, 2.05) is 53.4 Å². The molecule has 1 saturated heterocycles. The maximum atomic E-state index is 13.0. The van der Waals surface area contributed by atoms with Crippen LogP contribution in [0.2, 0.25) is 0 Å². The van der Waals surface area contributed by atoms with Crippen LogP contribution in [0.4, 0.5) is 0 Å². The van der Waals surface area contributed by atoms with Gasteiger partial charge in [0, 0.05) is 52.1 Å². The number of amides is 3. The molecule has 0 aromatic heterocycles. The van der Waals surface area contributed by atoms with Gasteiger partial charge in [0.15, 0.2) is 0 Å². The van der Waals surface area contributed by atoms with E-state index in [2.05, 4.69) is 17.0 Å². The SMILES string of the molecule is NC(=O)CCN(Cc1ccccc1)C(=O)CN1CCN(C(=O)CCCc2ccccc2)CC1. The molecule has 7 nitrogen and oxygen atoms in total. The minimum Gasteiger partial charge on any atom is -0.370 e. The summed E-state index contributed by atoms with van der Waals surface area (Å²) in [6, 6.07) is 19.9. The number of aryl methyl sites for hydroxylation is 1. The Balaban J connectivity index is 1.43. The molecule has 2 aromatic rings. The molecule has 0 saturated carbocycles. The van der Waals surface area contributed by atoms with Gasteiger partial charge < -0.3 is 15.5 Å². The van der Waals surface area contributed by atoms with Crippen LogP contribution in [0.3, 0.4) is 0 Å². The number of rotatable bonds is 11. The monoisotopic (exact) mass is 450 g/mol. The molecule has 0 unspecified atom stereocenters. The molecule has 2 aromatic carbocycles. The van der Waals surface area contributed by atoms with E-state index >= 15 is 0 Å². The van der Waals surface area contributed by atoms with Gasteiger partial charge >= 0.3 is 0 Å². The molecule has 1 aliphatic heterocycles. The maximum absolute atomic E-state index is 13.0. The van der Waals surface area contributed by atoms with E-state index in [1.54, 1.807) is 4.90 Å². The zero-order chi connectivity index (χ0) is 23.5. The summed E-state index contributed by atoms with van der Waals surface area (Å²) >= 11 is 0. The van der Waals surface area contributed by atoms with Crippen molar-refractivity contribution in [3.8, 4) is 0 Å². The lowest BCUT2D eigenvalue weighted by molar-refractivity contribution is -0.135. The molecule has 0 spiro atoms. The molecule has 0 atom stereocenters. The van der Waals surface area contributed by atoms with Gasteiger partial charge in [0.1, 0.15) is 0 Å². The Kier molecular flexibility index (Phi) is 9.44. The van der Waals surface area contributed by atoms with Crippen LogP contribution in [0.15, 0.2) is 60.7 Å². The third kappa shape index (κ3) is 8.35. The number of hydrogen-bond acceptors (Lipinski definition) is 4. The molecule has 0 radical (unpaired) electrons. The number of nitrogens with two attached hydrogens (primary N) is 1. The first kappa shape index (κ1) is 24.5. The highest BCUT2D eigenvalue weighted by Gasteiger charge is 2.24. The largest absolute Gasteiger partial charge is 0.370 e. The van der Waals surface area contributed by atoms with Gasteiger partial charge in [-0.1, -0.05) is 60.7 Å². The highest BCUT2D eigenvalue weighted by molar-refractivity contribution is 5.80. The summed E-state index contributed by atoms with van der Waals surface area (Å²) in [4.78, 5) is 42.5. The third-order valence-electron chi connectivity index (χ3n) is 5.98. The highest BCUT2D eigenvalue weighted by atomic mass is 16.2. The first-order valence-electron chi connectivity index (χ1n) is 11.7. The fraction of sp³-hybridized carbons (Fsp3) is 0.423. The van der Waals surface area contributed by atoms with Crippen molar-refractivity contribution in [3.63, 3.8) is 0 Å². The average Bonchev–Trinajstić information content (AvgIpc) is 2.83. The molecule has 1 fully saturated rings. The number of primary amides is 1. The van der Waals surface area contributed by atoms with Crippen LogP contribution < -0.4 is 5.73 Å². The molecular formula is C26H34N4O3. The van der Waals surface area contributed by atoms with Gasteiger partial charge in [0.2, 0.25) is 17.7 Å². The molecule has 0 aliphatic carbocycles. The fourth-order valence-electron chi connectivity index (χ4n) is 4.03. The van der Waals surface area contributed by atoms with Crippen molar-refractivity contribution in [2.75, 3.05) is 39.3 Å². The van der Waals surface area contributed by atoms with E-state index in [-0.39, 0.29) is 24.8 Å². The van der Waals surface area contributed by atoms with E-state index in [0.29, 0.717) is 45.7 Å². The van der Waals surface area contributed by atoms with Crippen LogP contribution in [0.5, 0.6) is 0 Å². The minimum atomic E-state index is -0.416. The average molecular weight is 451 g/mol. The van der Waals surface area contributed by atoms with E-state index in [4.69, 9.17) is 5.73 Å². The maximum Gasteiger partial charge on any atom is 0.237 e. The normalized spacial score (nSPS) is 14.1. The first-order chi connectivity index (χ1) is 16.0. The number of piperazine rings is 1. The van der Waals surface area contributed by atoms with Crippen molar-refractivity contribution >= 4 is 17.7 Å². The van der Waals surface area contributed by atoms with E-state index < -0.39 is 5.91 Å². The van der Waals surface area contributed by atoms with Crippen molar-refractivity contribution < 1.29 is 14.4 Å². The predicted molar refractivity (Wildman–Crippen MR) is 128 cm³/mol. The van der Waals surface area contributed by atoms with Crippen molar-refractivity contribution in [3.05, 3.63) is 71.8 Å². The van der Waals surface area contributed by atoms with Gasteiger partial charge in [-0.3, -0.25) is 19.3 Å². The van der Waals surface area contributed by atoms with Gasteiger partial charge in [-0.15, -0.1) is 0 Å². The number of carbonyl (C=O) groups is 3. The third-order valence-corrected chi connectivity index (χ3v) is 5.98. The molecule has 1 aliphatic rings. The molecule has 176 valence electrons. The summed E-state index contributed by atoms with van der Waals surface area (Å²) in [5, 5.41) is 0. The Labute approximate surface area is 196 Å². The summed E-state index contributed by atoms with van der Waals surface area (Å²) in [5.41, 5.74) is 7.57. The minimum absolute atomic E-state index is 0.0252. The van der Waals surface area contributed by atoms with Gasteiger partial charge in [-0.25, -0.2) is 0 Å². The zero-order valence-corrected chi connectivity index (χ0v) is 19.2. The van der Waals surface area contributed by atoms with Gasteiger partial charge in [-0.05, 0) is 24.0 Å². The number of nitrogens with zero attached hydrogens (tertiary/aromatic N) is 3. The van der Waals surface area contributed by atoms with Crippen LogP contribution in [-0.4, -0.2) is 71.7 Å². The van der Waals surface area contributed by atoms with Crippen molar-refractivity contribution in [1.29, 1.82) is 0 Å². The molecule has 3 amide bonds. The highest BCUT2D eigenvalue weighted by Crippen LogP contribution is 2.11. The van der Waals surface area contributed by atoms with Crippen molar-refractivity contribution in [1.82, 2.24) is 14.7 Å². The van der Waals surface area contributed by atoms with Crippen LogP contribution in [0.1, 0.15) is 30.4 Å². The molecule has 1 heterocycles. The van der Waals surface area contributed by atoms with Gasteiger partial charge in [-0.2, -0.15) is 0 Å². The first-order valence-corrected chi connectivity index (χ1v) is 11.7. The molecule has 7 heteroatoms. The van der Waals surface area contributed by atoms with Crippen molar-refractivity contribution in [2.24, 2.45) is 5.73 Å². The summed E-state index contributed by atoms with van der Waals surface area (Å²) < 4.78 is 0. The number of benzene rings is 2. The lowest BCUT2D eigenvalue weighted by Crippen LogP contribution is -2.51. The van der Waals surface area contributed by atoms with Gasteiger partial charge in [0.05, 0.1) is 6.54 Å². The second-order valence-electron chi connectivity index (χ2n) is 8.51. The van der Waals surface area contributed by atoms with Gasteiger partial charge in [0.25, 0.3) is 0 Å². The Morgan fingerprint density at radius 1 is 0.818 bits per heavy atom. The second kappa shape index (κ2) is 12.7. The Morgan fingerprint density at radius 3 is 2.03 bits per heavy atom. The zero-order valence-electron chi connectivity index (χ0n) is 19.2. The smallest absolute Gasteiger partial charge is 0.237 e. The van der Waals surface area contributed by atoms with E-state index in [9.17, 15) is 14.4 Å². The van der Waals surface area contributed by atoms with Crippen LogP contribution in [0, 0.1) is 0 Å². The summed E-state index contributed by atoms with van der Waals surface area (Å²) in [5.74, 6) is -0.257. The standard InChI is InChI=1S/C26H34N4O3/c27-24(31)14-15-30(20-23-10-5-2-6-11-23)26(33)21-28-16-18-29(19-17-28)25(32)13-7-12-22-8-3-1-4-9-22/h1-6,8-11H,7,12-21H2,(H2,27,31). The Morgan fingerprint density at radius 2 is 1.42 bits per heavy atom. The summed E-state index contributed by atoms with van der Waals surface area (Å²) in [6.07, 6.45) is 2.44. The summed E-state index contributed by atoms with van der Waals surface area (Å²) in [7, 11) is 0. The topological polar surface area (TPSA) is 86.9 Å². The molecule has 33 heavy (non-hydrogen) atoms. The van der Waals surface area contributed by atoms with Crippen molar-refractivity contribution in [2.45, 2.75) is 32.2 Å². The van der Waals surface area contributed by atoms with Crippen LogP contribution in [0.25, 0.3) is 0 Å². The Bertz CT molecular complexity index is 896. The van der Waals surface area contributed by atoms with Crippen LogP contribution in [-0.2, 0) is 27.3 Å². The van der Waals surface area contributed by atoms with E-state index in [0.717, 1.165) is 18.4 Å². The van der Waals surface area contributed by atoms with Crippen LogP contribution >= 0.6 is 0 Å². The number of carbonyl (C=O) groups excluding carboxylic acids is 3. The molecule has 0 bridgehead atoms.